The maximum Gasteiger partial charge on any atom is 0.329 e. The van der Waals surface area contributed by atoms with Gasteiger partial charge in [-0.15, -0.1) is 0 Å². The number of amides is 2. The number of carboxylic acid groups (broad SMARTS) is 1. The molecule has 1 aliphatic rings. The largest absolute Gasteiger partial charge is 0.479 e. The first kappa shape index (κ1) is 16.8. The topological polar surface area (TPSA) is 81.1 Å². The summed E-state index contributed by atoms with van der Waals surface area (Å²) in [6.07, 6.45) is 2.41. The van der Waals surface area contributed by atoms with Crippen molar-refractivity contribution in [2.24, 2.45) is 0 Å². The smallest absolute Gasteiger partial charge is 0.329 e. The molecule has 0 aromatic carbocycles. The molecule has 6 nitrogen and oxygen atoms in total. The summed E-state index contributed by atoms with van der Waals surface area (Å²) in [7, 11) is 0. The second-order valence-electron chi connectivity index (χ2n) is 5.64. The van der Waals surface area contributed by atoms with Crippen LogP contribution in [-0.4, -0.2) is 63.3 Å². The molecule has 1 unspecified atom stereocenters. The monoisotopic (exact) mass is 286 g/mol. The van der Waals surface area contributed by atoms with Gasteiger partial charge < -0.3 is 20.0 Å². The van der Waals surface area contributed by atoms with Gasteiger partial charge in [-0.25, -0.2) is 9.59 Å². The van der Waals surface area contributed by atoms with Gasteiger partial charge >= 0.3 is 12.0 Å². The van der Waals surface area contributed by atoms with Crippen molar-refractivity contribution in [3.8, 4) is 0 Å². The number of likely N-dealkylation sites (tertiary alicyclic amines) is 1. The highest BCUT2D eigenvalue weighted by atomic mass is 16.4. The van der Waals surface area contributed by atoms with Crippen LogP contribution in [0.2, 0.25) is 0 Å². The molecule has 1 atom stereocenters. The minimum absolute atomic E-state index is 0.0663. The van der Waals surface area contributed by atoms with E-state index in [4.69, 9.17) is 5.11 Å². The molecular weight excluding hydrogens is 260 g/mol. The molecule has 0 spiro atoms. The molecule has 0 saturated carbocycles. The average molecular weight is 286 g/mol. The summed E-state index contributed by atoms with van der Waals surface area (Å²) >= 11 is 0. The number of aliphatic hydroxyl groups is 1. The summed E-state index contributed by atoms with van der Waals surface area (Å²) in [5.41, 5.74) is -1.07. The number of hydrogen-bond acceptors (Lipinski definition) is 3. The Morgan fingerprint density at radius 2 is 2.05 bits per heavy atom. The Labute approximate surface area is 120 Å². The van der Waals surface area contributed by atoms with E-state index in [2.05, 4.69) is 0 Å². The van der Waals surface area contributed by atoms with Gasteiger partial charge in [0.25, 0.3) is 0 Å². The molecule has 1 rings (SSSR count). The number of carboxylic acids is 1. The Morgan fingerprint density at radius 3 is 2.50 bits per heavy atom. The third-order valence-corrected chi connectivity index (χ3v) is 3.99. The molecule has 20 heavy (non-hydrogen) atoms. The number of hydrogen-bond donors (Lipinski definition) is 2. The number of rotatable bonds is 6. The van der Waals surface area contributed by atoms with Crippen molar-refractivity contribution in [3.05, 3.63) is 0 Å². The highest BCUT2D eigenvalue weighted by Gasteiger charge is 2.50. The van der Waals surface area contributed by atoms with Gasteiger partial charge in [-0.3, -0.25) is 0 Å². The van der Waals surface area contributed by atoms with Gasteiger partial charge in [0, 0.05) is 19.1 Å². The molecule has 2 N–H and O–H groups in total. The first-order valence-electron chi connectivity index (χ1n) is 7.33. The van der Waals surface area contributed by atoms with E-state index >= 15 is 0 Å². The summed E-state index contributed by atoms with van der Waals surface area (Å²) in [6.45, 7) is 6.25. The number of urea groups is 1. The van der Waals surface area contributed by atoms with Gasteiger partial charge in [0.2, 0.25) is 0 Å². The fourth-order valence-corrected chi connectivity index (χ4v) is 3.00. The molecule has 2 amide bonds. The SMILES string of the molecule is CCCC1(C(=O)O)CCCN1C(=O)N(CCO)C(C)C. The lowest BCUT2D eigenvalue weighted by molar-refractivity contribution is -0.149. The van der Waals surface area contributed by atoms with E-state index in [1.807, 2.05) is 20.8 Å². The van der Waals surface area contributed by atoms with Crippen LogP contribution in [0.3, 0.4) is 0 Å². The second-order valence-corrected chi connectivity index (χ2v) is 5.64. The fraction of sp³-hybridized carbons (Fsp3) is 0.857. The zero-order chi connectivity index (χ0) is 15.3. The van der Waals surface area contributed by atoms with E-state index in [0.29, 0.717) is 25.8 Å². The van der Waals surface area contributed by atoms with Crippen LogP contribution >= 0.6 is 0 Å². The lowest BCUT2D eigenvalue weighted by Crippen LogP contribution is -2.58. The molecule has 1 saturated heterocycles. The molecule has 1 fully saturated rings. The molecule has 1 heterocycles. The minimum atomic E-state index is -1.07. The molecule has 116 valence electrons. The van der Waals surface area contributed by atoms with E-state index in [1.165, 1.54) is 4.90 Å². The van der Waals surface area contributed by atoms with E-state index in [9.17, 15) is 14.7 Å². The number of aliphatic hydroxyl groups excluding tert-OH is 1. The average Bonchev–Trinajstić information content (AvgIpc) is 2.80. The van der Waals surface area contributed by atoms with Crippen molar-refractivity contribution < 1.29 is 19.8 Å². The summed E-state index contributed by atoms with van der Waals surface area (Å²) in [4.78, 5) is 27.4. The van der Waals surface area contributed by atoms with E-state index < -0.39 is 11.5 Å². The predicted octanol–water partition coefficient (Wildman–Crippen LogP) is 1.53. The summed E-state index contributed by atoms with van der Waals surface area (Å²) in [5, 5.41) is 18.7. The van der Waals surface area contributed by atoms with Gasteiger partial charge in [0.1, 0.15) is 5.54 Å². The molecular formula is C14H26N2O4. The van der Waals surface area contributed by atoms with Crippen LogP contribution in [0.4, 0.5) is 4.79 Å². The number of nitrogens with zero attached hydrogens (tertiary/aromatic N) is 2. The zero-order valence-electron chi connectivity index (χ0n) is 12.6. The molecule has 0 aromatic heterocycles. The van der Waals surface area contributed by atoms with Crippen molar-refractivity contribution in [3.63, 3.8) is 0 Å². The van der Waals surface area contributed by atoms with Crippen LogP contribution in [0.25, 0.3) is 0 Å². The van der Waals surface area contributed by atoms with Crippen molar-refractivity contribution in [1.29, 1.82) is 0 Å². The Kier molecular flexibility index (Phi) is 5.80. The number of carbonyl (C=O) groups excluding carboxylic acids is 1. The quantitative estimate of drug-likeness (QED) is 0.776. The molecule has 0 aliphatic carbocycles. The van der Waals surface area contributed by atoms with Gasteiger partial charge in [0.15, 0.2) is 0 Å². The first-order chi connectivity index (χ1) is 9.40. The second kappa shape index (κ2) is 6.92. The Balaban J connectivity index is 3.02. The summed E-state index contributed by atoms with van der Waals surface area (Å²) < 4.78 is 0. The van der Waals surface area contributed by atoms with E-state index in [1.54, 1.807) is 4.90 Å². The van der Waals surface area contributed by atoms with E-state index in [0.717, 1.165) is 6.42 Å². The third kappa shape index (κ3) is 3.06. The predicted molar refractivity (Wildman–Crippen MR) is 75.5 cm³/mol. The molecule has 1 aliphatic heterocycles. The molecule has 0 aromatic rings. The van der Waals surface area contributed by atoms with Gasteiger partial charge in [-0.1, -0.05) is 13.3 Å². The normalized spacial score (nSPS) is 22.4. The highest BCUT2D eigenvalue weighted by molar-refractivity contribution is 5.87. The molecule has 0 radical (unpaired) electrons. The number of carbonyl (C=O) groups is 2. The first-order valence-corrected chi connectivity index (χ1v) is 7.33. The summed E-state index contributed by atoms with van der Waals surface area (Å²) in [5.74, 6) is -0.919. The molecule has 6 heteroatoms. The lowest BCUT2D eigenvalue weighted by Gasteiger charge is -2.39. The standard InChI is InChI=1S/C14H26N2O4/c1-4-6-14(12(18)19)7-5-8-16(14)13(20)15(9-10-17)11(2)3/h11,17H,4-10H2,1-3H3,(H,18,19). The lowest BCUT2D eigenvalue weighted by atomic mass is 9.91. The van der Waals surface area contributed by atoms with Crippen molar-refractivity contribution in [2.45, 2.75) is 58.0 Å². The molecule has 0 bridgehead atoms. The van der Waals surface area contributed by atoms with Gasteiger partial charge in [-0.05, 0) is 33.1 Å². The fourth-order valence-electron chi connectivity index (χ4n) is 3.00. The van der Waals surface area contributed by atoms with Crippen LogP contribution in [0.1, 0.15) is 46.5 Å². The van der Waals surface area contributed by atoms with Crippen LogP contribution in [-0.2, 0) is 4.79 Å². The van der Waals surface area contributed by atoms with Crippen LogP contribution < -0.4 is 0 Å². The maximum absolute atomic E-state index is 12.6. The Hall–Kier alpha value is -1.30. The van der Waals surface area contributed by atoms with Crippen molar-refractivity contribution in [2.75, 3.05) is 19.7 Å². The van der Waals surface area contributed by atoms with Crippen molar-refractivity contribution >= 4 is 12.0 Å². The van der Waals surface area contributed by atoms with Crippen LogP contribution in [0.5, 0.6) is 0 Å². The van der Waals surface area contributed by atoms with Gasteiger partial charge in [-0.2, -0.15) is 0 Å². The maximum atomic E-state index is 12.6. The van der Waals surface area contributed by atoms with Crippen LogP contribution in [0.15, 0.2) is 0 Å². The Bertz CT molecular complexity index is 359. The van der Waals surface area contributed by atoms with E-state index in [-0.39, 0.29) is 25.2 Å². The number of aliphatic carboxylic acids is 1. The van der Waals surface area contributed by atoms with Crippen LogP contribution in [0, 0.1) is 0 Å². The zero-order valence-corrected chi connectivity index (χ0v) is 12.6. The highest BCUT2D eigenvalue weighted by Crippen LogP contribution is 2.35. The minimum Gasteiger partial charge on any atom is -0.479 e. The third-order valence-electron chi connectivity index (χ3n) is 3.99. The van der Waals surface area contributed by atoms with Gasteiger partial charge in [0.05, 0.1) is 6.61 Å². The summed E-state index contributed by atoms with van der Waals surface area (Å²) in [6, 6.07) is -0.342. The Morgan fingerprint density at radius 1 is 1.40 bits per heavy atom. The van der Waals surface area contributed by atoms with Crippen molar-refractivity contribution in [1.82, 2.24) is 9.80 Å².